The number of likely N-dealkylation sites (tertiary alicyclic amines) is 1. The molecule has 1 aromatic rings. The Bertz CT molecular complexity index is 510. The molecule has 1 aromatic heterocycles. The van der Waals surface area contributed by atoms with Gasteiger partial charge in [0.25, 0.3) is 0 Å². The first-order valence-corrected chi connectivity index (χ1v) is 7.93. The van der Waals surface area contributed by atoms with Gasteiger partial charge in [-0.2, -0.15) is 0 Å². The Kier molecular flexibility index (Phi) is 4.20. The Morgan fingerprint density at radius 3 is 2.64 bits per heavy atom. The third kappa shape index (κ3) is 3.30. The molecule has 6 heteroatoms. The largest absolute Gasteiger partial charge is 0.388 e. The number of aliphatic hydroxyl groups is 2. The van der Waals surface area contributed by atoms with E-state index in [-0.39, 0.29) is 12.2 Å². The molecule has 22 heavy (non-hydrogen) atoms. The molecule has 6 nitrogen and oxygen atoms in total. The van der Waals surface area contributed by atoms with E-state index < -0.39 is 11.7 Å². The van der Waals surface area contributed by atoms with E-state index in [1.54, 1.807) is 13.1 Å². The van der Waals surface area contributed by atoms with Crippen molar-refractivity contribution in [1.82, 2.24) is 14.9 Å². The zero-order valence-corrected chi connectivity index (χ0v) is 13.3. The van der Waals surface area contributed by atoms with Crippen molar-refractivity contribution < 1.29 is 14.9 Å². The van der Waals surface area contributed by atoms with Gasteiger partial charge in [-0.1, -0.05) is 0 Å². The molecule has 2 N–H and O–H groups in total. The molecule has 0 aromatic carbocycles. The lowest BCUT2D eigenvalue weighted by atomic mass is 9.76. The highest BCUT2D eigenvalue weighted by molar-refractivity contribution is 5.03. The molecule has 2 aliphatic rings. The molecule has 2 fully saturated rings. The molecule has 3 rings (SSSR count). The van der Waals surface area contributed by atoms with E-state index in [2.05, 4.69) is 14.9 Å². The van der Waals surface area contributed by atoms with Gasteiger partial charge in [-0.05, 0) is 26.7 Å². The van der Waals surface area contributed by atoms with Crippen LogP contribution in [0, 0.1) is 6.92 Å². The van der Waals surface area contributed by atoms with Crippen LogP contribution >= 0.6 is 0 Å². The lowest BCUT2D eigenvalue weighted by Crippen LogP contribution is -2.59. The predicted molar refractivity (Wildman–Crippen MR) is 81.2 cm³/mol. The lowest BCUT2D eigenvalue weighted by molar-refractivity contribution is -0.223. The molecule has 0 bridgehead atoms. The Morgan fingerprint density at radius 2 is 2.05 bits per heavy atom. The van der Waals surface area contributed by atoms with Gasteiger partial charge in [-0.3, -0.25) is 14.9 Å². The van der Waals surface area contributed by atoms with Gasteiger partial charge in [0.15, 0.2) is 0 Å². The van der Waals surface area contributed by atoms with E-state index in [1.165, 1.54) is 0 Å². The molecule has 2 aliphatic heterocycles. The van der Waals surface area contributed by atoms with Gasteiger partial charge in [0.05, 0.1) is 29.2 Å². The molecule has 0 unspecified atom stereocenters. The molecule has 122 valence electrons. The summed E-state index contributed by atoms with van der Waals surface area (Å²) in [6.07, 6.45) is 5.07. The average Bonchev–Trinajstić information content (AvgIpc) is 2.48. The average molecular weight is 307 g/mol. The van der Waals surface area contributed by atoms with Crippen LogP contribution in [-0.2, 0) is 11.3 Å². The number of rotatable bonds is 2. The number of aliphatic hydroxyl groups excluding tert-OH is 1. The van der Waals surface area contributed by atoms with Gasteiger partial charge in [-0.25, -0.2) is 0 Å². The van der Waals surface area contributed by atoms with E-state index in [0.717, 1.165) is 43.9 Å². The Morgan fingerprint density at radius 1 is 1.32 bits per heavy atom. The lowest BCUT2D eigenvalue weighted by Gasteiger charge is -2.49. The minimum Gasteiger partial charge on any atom is -0.388 e. The topological polar surface area (TPSA) is 78.7 Å². The first-order chi connectivity index (χ1) is 10.4. The summed E-state index contributed by atoms with van der Waals surface area (Å²) in [7, 11) is 0. The highest BCUT2D eigenvalue weighted by atomic mass is 16.5. The second-order valence-corrected chi connectivity index (χ2v) is 6.97. The molecule has 0 radical (unpaired) electrons. The summed E-state index contributed by atoms with van der Waals surface area (Å²) < 4.78 is 5.90. The highest BCUT2D eigenvalue weighted by Crippen LogP contribution is 2.39. The van der Waals surface area contributed by atoms with Crippen LogP contribution in [-0.4, -0.2) is 62.1 Å². The number of ether oxygens (including phenoxy) is 1. The highest BCUT2D eigenvalue weighted by Gasteiger charge is 2.48. The number of hydrogen-bond donors (Lipinski definition) is 2. The standard InChI is InChI=1S/C16H25N3O3/c1-12-7-18-13(8-17-12)9-19-5-3-16(4-6-19)11-15(2,21)14(20)10-22-16/h7-8,14,20-21H,3-6,9-11H2,1-2H3/t14-,15-/m0/s1. The number of aryl methyl sites for hydroxylation is 1. The van der Waals surface area contributed by atoms with Gasteiger partial charge in [-0.15, -0.1) is 0 Å². The van der Waals surface area contributed by atoms with Crippen LogP contribution in [0.15, 0.2) is 12.4 Å². The van der Waals surface area contributed by atoms with Gasteiger partial charge in [0, 0.05) is 38.4 Å². The number of piperidine rings is 1. The van der Waals surface area contributed by atoms with Gasteiger partial charge >= 0.3 is 0 Å². The number of hydrogen-bond acceptors (Lipinski definition) is 6. The van der Waals surface area contributed by atoms with E-state index in [1.807, 2.05) is 13.1 Å². The summed E-state index contributed by atoms with van der Waals surface area (Å²) in [6.45, 7) is 6.46. The fourth-order valence-electron chi connectivity index (χ4n) is 3.43. The van der Waals surface area contributed by atoms with Crippen LogP contribution in [0.25, 0.3) is 0 Å². The normalized spacial score (nSPS) is 32.3. The molecule has 0 saturated carbocycles. The Labute approximate surface area is 131 Å². The van der Waals surface area contributed by atoms with Gasteiger partial charge < -0.3 is 14.9 Å². The predicted octanol–water partition coefficient (Wildman–Crippen LogP) is 0.652. The van der Waals surface area contributed by atoms with Crippen molar-refractivity contribution in [3.8, 4) is 0 Å². The van der Waals surface area contributed by atoms with E-state index in [9.17, 15) is 10.2 Å². The van der Waals surface area contributed by atoms with Gasteiger partial charge in [0.2, 0.25) is 0 Å². The Hall–Kier alpha value is -1.08. The van der Waals surface area contributed by atoms with Crippen LogP contribution in [0.3, 0.4) is 0 Å². The van der Waals surface area contributed by atoms with Crippen LogP contribution in [0.4, 0.5) is 0 Å². The third-order valence-corrected chi connectivity index (χ3v) is 4.93. The molecule has 2 atom stereocenters. The van der Waals surface area contributed by atoms with Crippen molar-refractivity contribution in [2.24, 2.45) is 0 Å². The van der Waals surface area contributed by atoms with E-state index in [4.69, 9.17) is 4.74 Å². The van der Waals surface area contributed by atoms with Crippen LogP contribution in [0.2, 0.25) is 0 Å². The molecule has 0 aliphatic carbocycles. The maximum Gasteiger partial charge on any atom is 0.106 e. The molecule has 3 heterocycles. The smallest absolute Gasteiger partial charge is 0.106 e. The first kappa shape index (κ1) is 15.8. The SMILES string of the molecule is Cc1cnc(CN2CCC3(CC2)C[C@](C)(O)[C@@H](O)CO3)cn1. The van der Waals surface area contributed by atoms with Gasteiger partial charge in [0.1, 0.15) is 6.10 Å². The quantitative estimate of drug-likeness (QED) is 0.835. The van der Waals surface area contributed by atoms with Crippen LogP contribution < -0.4 is 0 Å². The molecule has 1 spiro atoms. The van der Waals surface area contributed by atoms with Crippen molar-refractivity contribution in [2.75, 3.05) is 19.7 Å². The second kappa shape index (κ2) is 5.85. The van der Waals surface area contributed by atoms with Crippen LogP contribution in [0.1, 0.15) is 37.6 Å². The zero-order chi connectivity index (χ0) is 15.8. The van der Waals surface area contributed by atoms with Crippen molar-refractivity contribution in [1.29, 1.82) is 0 Å². The maximum atomic E-state index is 10.3. The summed E-state index contributed by atoms with van der Waals surface area (Å²) in [6, 6.07) is 0. The summed E-state index contributed by atoms with van der Waals surface area (Å²) in [5, 5.41) is 20.1. The van der Waals surface area contributed by atoms with E-state index >= 15 is 0 Å². The fraction of sp³-hybridized carbons (Fsp3) is 0.750. The summed E-state index contributed by atoms with van der Waals surface area (Å²) in [5.74, 6) is 0. The molecular formula is C16H25N3O3. The molecule has 0 amide bonds. The monoisotopic (exact) mass is 307 g/mol. The number of aromatic nitrogens is 2. The van der Waals surface area contributed by atoms with E-state index in [0.29, 0.717) is 6.42 Å². The fourth-order valence-corrected chi connectivity index (χ4v) is 3.43. The van der Waals surface area contributed by atoms with Crippen molar-refractivity contribution in [3.05, 3.63) is 23.8 Å². The second-order valence-electron chi connectivity index (χ2n) is 6.97. The van der Waals surface area contributed by atoms with Crippen molar-refractivity contribution in [2.45, 2.75) is 57.0 Å². The van der Waals surface area contributed by atoms with Crippen molar-refractivity contribution >= 4 is 0 Å². The third-order valence-electron chi connectivity index (χ3n) is 4.93. The molecule has 2 saturated heterocycles. The molecular weight excluding hydrogens is 282 g/mol. The summed E-state index contributed by atoms with van der Waals surface area (Å²) in [5.41, 5.74) is 0.562. The summed E-state index contributed by atoms with van der Waals surface area (Å²) in [4.78, 5) is 11.0. The summed E-state index contributed by atoms with van der Waals surface area (Å²) >= 11 is 0. The van der Waals surface area contributed by atoms with Crippen molar-refractivity contribution in [3.63, 3.8) is 0 Å². The maximum absolute atomic E-state index is 10.3. The minimum absolute atomic E-state index is 0.219. The Balaban J connectivity index is 1.57. The van der Waals surface area contributed by atoms with Crippen LogP contribution in [0.5, 0.6) is 0 Å². The minimum atomic E-state index is -1.05. The number of nitrogens with zero attached hydrogens (tertiary/aromatic N) is 3. The first-order valence-electron chi connectivity index (χ1n) is 7.93. The zero-order valence-electron chi connectivity index (χ0n) is 13.3.